The molecule has 0 aliphatic carbocycles. The topological polar surface area (TPSA) is 91.8 Å². The first-order chi connectivity index (χ1) is 12.3. The molecule has 0 spiro atoms. The fourth-order valence-electron chi connectivity index (χ4n) is 2.87. The number of rotatable bonds is 3. The zero-order valence-corrected chi connectivity index (χ0v) is 15.5. The molecule has 1 aromatic carbocycles. The summed E-state index contributed by atoms with van der Waals surface area (Å²) in [5.74, 6) is -1.20. The summed E-state index contributed by atoms with van der Waals surface area (Å²) < 4.78 is 15.8. The normalized spacial score (nSPS) is 16.1. The summed E-state index contributed by atoms with van der Waals surface area (Å²) in [6, 6.07) is 6.27. The van der Waals surface area contributed by atoms with Gasteiger partial charge in [0.1, 0.15) is 17.1 Å². The van der Waals surface area contributed by atoms with Crippen LogP contribution in [0, 0.1) is 6.92 Å². The predicted octanol–water partition coefficient (Wildman–Crippen LogP) is 3.51. The van der Waals surface area contributed by atoms with Gasteiger partial charge in [-0.15, -0.1) is 0 Å². The highest BCUT2D eigenvalue weighted by Gasteiger charge is 2.39. The van der Waals surface area contributed by atoms with E-state index in [1.807, 2.05) is 0 Å². The van der Waals surface area contributed by atoms with Crippen molar-refractivity contribution in [2.75, 3.05) is 6.61 Å². The zero-order chi connectivity index (χ0) is 19.0. The second kappa shape index (κ2) is 7.05. The molecular formula is C18H15Cl2NO5. The van der Waals surface area contributed by atoms with Crippen molar-refractivity contribution in [3.63, 3.8) is 0 Å². The summed E-state index contributed by atoms with van der Waals surface area (Å²) in [7, 11) is 0. The predicted molar refractivity (Wildman–Crippen MR) is 96.5 cm³/mol. The first kappa shape index (κ1) is 18.4. The van der Waals surface area contributed by atoms with Gasteiger partial charge in [-0.05, 0) is 31.5 Å². The van der Waals surface area contributed by atoms with Gasteiger partial charge in [-0.3, -0.25) is 0 Å². The summed E-state index contributed by atoms with van der Waals surface area (Å²) in [6.45, 7) is 3.40. The number of aryl methyl sites for hydroxylation is 1. The Morgan fingerprint density at radius 2 is 2.04 bits per heavy atom. The molecule has 26 heavy (non-hydrogen) atoms. The van der Waals surface area contributed by atoms with E-state index in [4.69, 9.17) is 42.8 Å². The number of fused-ring (bicyclic) bond motifs is 1. The lowest BCUT2D eigenvalue weighted by atomic mass is 9.83. The lowest BCUT2D eigenvalue weighted by Crippen LogP contribution is -2.31. The molecule has 1 atom stereocenters. The molecule has 1 aliphatic rings. The quantitative estimate of drug-likeness (QED) is 0.799. The highest BCUT2D eigenvalue weighted by Crippen LogP contribution is 2.43. The monoisotopic (exact) mass is 395 g/mol. The van der Waals surface area contributed by atoms with Crippen LogP contribution in [0.1, 0.15) is 29.7 Å². The zero-order valence-electron chi connectivity index (χ0n) is 14.0. The van der Waals surface area contributed by atoms with E-state index in [0.29, 0.717) is 16.3 Å². The van der Waals surface area contributed by atoms with Crippen molar-refractivity contribution in [2.24, 2.45) is 5.73 Å². The summed E-state index contributed by atoms with van der Waals surface area (Å²) in [6.07, 6.45) is 0. The van der Waals surface area contributed by atoms with Crippen molar-refractivity contribution in [3.8, 4) is 5.75 Å². The number of halogens is 2. The number of ether oxygens (including phenoxy) is 2. The molecule has 0 saturated heterocycles. The van der Waals surface area contributed by atoms with Gasteiger partial charge < -0.3 is 19.6 Å². The maximum Gasteiger partial charge on any atom is 0.343 e. The van der Waals surface area contributed by atoms with E-state index in [1.54, 1.807) is 26.0 Å². The Morgan fingerprint density at radius 1 is 1.31 bits per heavy atom. The Kier molecular flexibility index (Phi) is 4.98. The molecule has 1 aromatic heterocycles. The number of benzene rings is 1. The van der Waals surface area contributed by atoms with Gasteiger partial charge in [0.2, 0.25) is 5.88 Å². The third-order valence-corrected chi connectivity index (χ3v) is 4.47. The summed E-state index contributed by atoms with van der Waals surface area (Å²) >= 11 is 12.3. The summed E-state index contributed by atoms with van der Waals surface area (Å²) in [4.78, 5) is 25.1. The van der Waals surface area contributed by atoms with Gasteiger partial charge in [0, 0.05) is 16.1 Å². The molecule has 2 N–H and O–H groups in total. The number of hydrogen-bond acceptors (Lipinski definition) is 6. The lowest BCUT2D eigenvalue weighted by Gasteiger charge is -2.27. The second-order valence-corrected chi connectivity index (χ2v) is 6.47. The van der Waals surface area contributed by atoms with Gasteiger partial charge in [0.05, 0.1) is 18.1 Å². The van der Waals surface area contributed by atoms with Crippen molar-refractivity contribution in [1.29, 1.82) is 0 Å². The molecule has 6 nitrogen and oxygen atoms in total. The highest BCUT2D eigenvalue weighted by molar-refractivity contribution is 6.35. The molecular weight excluding hydrogens is 381 g/mol. The number of esters is 1. The standard InChI is InChI=1S/C18H15Cl2NO5/c1-3-24-17(22)15-13(10-5-4-9(19)7-11(10)20)14-12(26-16(15)21)6-8(2)25-18(14)23/h4-7,13H,3,21H2,1-2H3. The molecule has 8 heteroatoms. The van der Waals surface area contributed by atoms with Crippen LogP contribution >= 0.6 is 23.2 Å². The smallest absolute Gasteiger partial charge is 0.343 e. The van der Waals surface area contributed by atoms with E-state index in [1.165, 1.54) is 12.1 Å². The Morgan fingerprint density at radius 3 is 2.69 bits per heavy atom. The number of nitrogens with two attached hydrogens (primary N) is 1. The van der Waals surface area contributed by atoms with Crippen LogP contribution in [0.4, 0.5) is 0 Å². The van der Waals surface area contributed by atoms with Gasteiger partial charge in [-0.2, -0.15) is 0 Å². The van der Waals surface area contributed by atoms with E-state index < -0.39 is 17.5 Å². The first-order valence-corrected chi connectivity index (χ1v) is 8.53. The first-order valence-electron chi connectivity index (χ1n) is 7.77. The molecule has 0 bridgehead atoms. The van der Waals surface area contributed by atoms with E-state index in [9.17, 15) is 9.59 Å². The van der Waals surface area contributed by atoms with Crippen LogP contribution in [-0.2, 0) is 9.53 Å². The van der Waals surface area contributed by atoms with Crippen LogP contribution in [0.3, 0.4) is 0 Å². The van der Waals surface area contributed by atoms with Crippen molar-refractivity contribution in [2.45, 2.75) is 19.8 Å². The van der Waals surface area contributed by atoms with Crippen molar-refractivity contribution in [3.05, 3.63) is 73.1 Å². The van der Waals surface area contributed by atoms with Crippen LogP contribution in [0.5, 0.6) is 5.75 Å². The fraction of sp³-hybridized carbons (Fsp3) is 0.222. The van der Waals surface area contributed by atoms with Crippen LogP contribution in [0.2, 0.25) is 10.0 Å². The van der Waals surface area contributed by atoms with Crippen molar-refractivity contribution < 1.29 is 18.7 Å². The Hall–Kier alpha value is -2.44. The van der Waals surface area contributed by atoms with Crippen LogP contribution in [0.15, 0.2) is 44.9 Å². The van der Waals surface area contributed by atoms with E-state index >= 15 is 0 Å². The minimum absolute atomic E-state index is 0.0141. The van der Waals surface area contributed by atoms with E-state index in [0.717, 1.165) is 0 Å². The van der Waals surface area contributed by atoms with E-state index in [2.05, 4.69) is 0 Å². The van der Waals surface area contributed by atoms with Gasteiger partial charge in [-0.25, -0.2) is 9.59 Å². The third-order valence-electron chi connectivity index (χ3n) is 3.90. The molecule has 1 aliphatic heterocycles. The average Bonchev–Trinajstić information content (AvgIpc) is 2.53. The van der Waals surface area contributed by atoms with Gasteiger partial charge in [0.15, 0.2) is 0 Å². The number of carbonyl (C=O) groups excluding carboxylic acids is 1. The minimum atomic E-state index is -0.903. The maximum absolute atomic E-state index is 12.5. The van der Waals surface area contributed by atoms with Crippen molar-refractivity contribution in [1.82, 2.24) is 0 Å². The molecule has 2 aromatic rings. The minimum Gasteiger partial charge on any atom is -0.462 e. The van der Waals surface area contributed by atoms with Gasteiger partial charge in [0.25, 0.3) is 0 Å². The molecule has 2 heterocycles. The maximum atomic E-state index is 12.5. The van der Waals surface area contributed by atoms with E-state index in [-0.39, 0.29) is 34.4 Å². The molecule has 0 saturated carbocycles. The molecule has 0 fully saturated rings. The van der Waals surface area contributed by atoms with Gasteiger partial charge >= 0.3 is 11.6 Å². The Balaban J connectivity index is 2.31. The summed E-state index contributed by atoms with van der Waals surface area (Å²) in [5, 5.41) is 0.682. The lowest BCUT2D eigenvalue weighted by molar-refractivity contribution is -0.139. The molecule has 0 amide bonds. The number of hydrogen-bond donors (Lipinski definition) is 1. The molecule has 136 valence electrons. The molecule has 0 radical (unpaired) electrons. The molecule has 1 unspecified atom stereocenters. The van der Waals surface area contributed by atoms with Crippen LogP contribution in [0.25, 0.3) is 0 Å². The SMILES string of the molecule is CCOC(=O)C1=C(N)Oc2cc(C)oc(=O)c2C1c1ccc(Cl)cc1Cl. The van der Waals surface area contributed by atoms with Gasteiger partial charge in [-0.1, -0.05) is 29.3 Å². The largest absolute Gasteiger partial charge is 0.462 e. The molecule has 3 rings (SSSR count). The third kappa shape index (κ3) is 3.18. The average molecular weight is 396 g/mol. The fourth-order valence-corrected chi connectivity index (χ4v) is 3.39. The second-order valence-electron chi connectivity index (χ2n) is 5.62. The van der Waals surface area contributed by atoms with Crippen LogP contribution < -0.4 is 16.1 Å². The highest BCUT2D eigenvalue weighted by atomic mass is 35.5. The summed E-state index contributed by atoms with van der Waals surface area (Å²) in [5.41, 5.74) is 5.91. The van der Waals surface area contributed by atoms with Crippen molar-refractivity contribution >= 4 is 29.2 Å². The number of carbonyl (C=O) groups is 1. The Labute approximate surface area is 159 Å². The van der Waals surface area contributed by atoms with Crippen LogP contribution in [-0.4, -0.2) is 12.6 Å². The Bertz CT molecular complexity index is 980.